The van der Waals surface area contributed by atoms with Crippen LogP contribution in [0.15, 0.2) is 18.2 Å². The van der Waals surface area contributed by atoms with Crippen molar-refractivity contribution in [2.75, 3.05) is 0 Å². The van der Waals surface area contributed by atoms with Gasteiger partial charge in [0, 0.05) is 10.3 Å². The number of aromatic hydroxyl groups is 1. The van der Waals surface area contributed by atoms with Crippen LogP contribution in [-0.4, -0.2) is 5.11 Å². The molecule has 0 aliphatic rings. The number of nitriles is 1. The molecule has 0 saturated heterocycles. The molecular formula is C11H9NOS. The molecule has 1 N–H and O–H groups in total. The highest BCUT2D eigenvalue weighted by Gasteiger charge is 2.12. The smallest absolute Gasteiger partial charge is 0.133 e. The predicted molar refractivity (Wildman–Crippen MR) is 57.6 cm³/mol. The lowest BCUT2D eigenvalue weighted by Crippen LogP contribution is -1.77. The molecule has 1 aromatic heterocycles. The van der Waals surface area contributed by atoms with E-state index in [9.17, 15) is 5.11 Å². The van der Waals surface area contributed by atoms with Gasteiger partial charge in [-0.1, -0.05) is 19.1 Å². The predicted octanol–water partition coefficient (Wildman–Crippen LogP) is 3.04. The number of phenolic OH excluding ortho intramolecular Hbond substituents is 1. The fraction of sp³-hybridized carbons (Fsp3) is 0.182. The van der Waals surface area contributed by atoms with Gasteiger partial charge in [-0.05, 0) is 12.5 Å². The molecule has 0 spiro atoms. The lowest BCUT2D eigenvalue weighted by molar-refractivity contribution is 0.482. The Hall–Kier alpha value is -1.53. The summed E-state index contributed by atoms with van der Waals surface area (Å²) in [5, 5.41) is 19.5. The first-order chi connectivity index (χ1) is 6.77. The van der Waals surface area contributed by atoms with E-state index in [0.717, 1.165) is 21.4 Å². The third-order valence-corrected chi connectivity index (χ3v) is 3.57. The van der Waals surface area contributed by atoms with Crippen molar-refractivity contribution in [3.8, 4) is 11.8 Å². The third-order valence-electron chi connectivity index (χ3n) is 2.20. The van der Waals surface area contributed by atoms with Crippen molar-refractivity contribution >= 4 is 21.4 Å². The van der Waals surface area contributed by atoms with E-state index in [0.29, 0.717) is 5.56 Å². The molecule has 0 aliphatic carbocycles. The van der Waals surface area contributed by atoms with Crippen LogP contribution in [-0.2, 0) is 6.42 Å². The van der Waals surface area contributed by atoms with E-state index >= 15 is 0 Å². The molecule has 70 valence electrons. The topological polar surface area (TPSA) is 44.0 Å². The Kier molecular flexibility index (Phi) is 2.14. The van der Waals surface area contributed by atoms with Crippen molar-refractivity contribution in [2.24, 2.45) is 0 Å². The second kappa shape index (κ2) is 3.32. The zero-order chi connectivity index (χ0) is 10.1. The number of hydrogen-bond acceptors (Lipinski definition) is 3. The lowest BCUT2D eigenvalue weighted by Gasteiger charge is -1.92. The Labute approximate surface area is 86.0 Å². The second-order valence-corrected chi connectivity index (χ2v) is 4.12. The number of phenols is 1. The Morgan fingerprint density at radius 2 is 2.29 bits per heavy atom. The van der Waals surface area contributed by atoms with E-state index in [1.54, 1.807) is 12.1 Å². The molecule has 0 fully saturated rings. The highest BCUT2D eigenvalue weighted by atomic mass is 32.1. The summed E-state index contributed by atoms with van der Waals surface area (Å²) in [5.41, 5.74) is 0.711. The third kappa shape index (κ3) is 1.16. The van der Waals surface area contributed by atoms with Crippen LogP contribution < -0.4 is 0 Å². The molecule has 3 heteroatoms. The summed E-state index contributed by atoms with van der Waals surface area (Å²) in [6.45, 7) is 2.02. The van der Waals surface area contributed by atoms with Gasteiger partial charge in [0.1, 0.15) is 11.8 Å². The molecule has 0 saturated carbocycles. The first-order valence-corrected chi connectivity index (χ1v) is 5.23. The average molecular weight is 203 g/mol. The van der Waals surface area contributed by atoms with E-state index < -0.39 is 0 Å². The van der Waals surface area contributed by atoms with Crippen molar-refractivity contribution in [3.05, 3.63) is 28.6 Å². The minimum atomic E-state index is 0.267. The van der Waals surface area contributed by atoms with Crippen LogP contribution in [0.25, 0.3) is 10.1 Å². The van der Waals surface area contributed by atoms with Crippen molar-refractivity contribution in [1.82, 2.24) is 0 Å². The van der Waals surface area contributed by atoms with Crippen molar-refractivity contribution in [3.63, 3.8) is 0 Å². The standard InChI is InChI=1S/C11H9NOS/c1-2-10-8(6-12)7-4-3-5-9(13)11(7)14-10/h3-5,13H,2H2,1H3. The van der Waals surface area contributed by atoms with E-state index in [-0.39, 0.29) is 5.75 Å². The quantitative estimate of drug-likeness (QED) is 0.774. The number of fused-ring (bicyclic) bond motifs is 1. The molecule has 0 atom stereocenters. The number of benzene rings is 1. The highest BCUT2D eigenvalue weighted by molar-refractivity contribution is 7.19. The molecule has 1 heterocycles. The maximum Gasteiger partial charge on any atom is 0.133 e. The average Bonchev–Trinajstić information content (AvgIpc) is 2.57. The van der Waals surface area contributed by atoms with Crippen LogP contribution in [0, 0.1) is 11.3 Å². The van der Waals surface area contributed by atoms with Crippen LogP contribution in [0.4, 0.5) is 0 Å². The maximum atomic E-state index is 9.60. The van der Waals surface area contributed by atoms with Gasteiger partial charge < -0.3 is 5.11 Å². The first kappa shape index (κ1) is 9.04. The Morgan fingerprint density at radius 3 is 2.93 bits per heavy atom. The van der Waals surface area contributed by atoms with E-state index in [4.69, 9.17) is 5.26 Å². The van der Waals surface area contributed by atoms with Gasteiger partial charge in [0.15, 0.2) is 0 Å². The monoisotopic (exact) mass is 203 g/mol. The van der Waals surface area contributed by atoms with E-state index in [1.807, 2.05) is 13.0 Å². The van der Waals surface area contributed by atoms with Crippen LogP contribution in [0.3, 0.4) is 0 Å². The van der Waals surface area contributed by atoms with Gasteiger partial charge in [0.25, 0.3) is 0 Å². The summed E-state index contributed by atoms with van der Waals surface area (Å²) in [4.78, 5) is 1.05. The molecule has 0 radical (unpaired) electrons. The number of aryl methyl sites for hydroxylation is 1. The fourth-order valence-electron chi connectivity index (χ4n) is 1.52. The number of rotatable bonds is 1. The zero-order valence-corrected chi connectivity index (χ0v) is 8.56. The summed E-state index contributed by atoms with van der Waals surface area (Å²) >= 11 is 1.50. The van der Waals surface area contributed by atoms with Gasteiger partial charge in [-0.3, -0.25) is 0 Å². The summed E-state index contributed by atoms with van der Waals surface area (Å²) in [5.74, 6) is 0.267. The highest BCUT2D eigenvalue weighted by Crippen LogP contribution is 2.36. The molecule has 0 unspecified atom stereocenters. The minimum Gasteiger partial charge on any atom is -0.506 e. The van der Waals surface area contributed by atoms with Gasteiger partial charge in [-0.15, -0.1) is 11.3 Å². The van der Waals surface area contributed by atoms with Crippen LogP contribution in [0.2, 0.25) is 0 Å². The molecule has 0 bridgehead atoms. The van der Waals surface area contributed by atoms with Gasteiger partial charge >= 0.3 is 0 Å². The SMILES string of the molecule is CCc1sc2c(O)cccc2c1C#N. The molecule has 2 rings (SSSR count). The Morgan fingerprint density at radius 1 is 1.50 bits per heavy atom. The van der Waals surface area contributed by atoms with Crippen molar-refractivity contribution < 1.29 is 5.11 Å². The maximum absolute atomic E-state index is 9.60. The van der Waals surface area contributed by atoms with Crippen LogP contribution >= 0.6 is 11.3 Å². The summed E-state index contributed by atoms with van der Waals surface area (Å²) in [7, 11) is 0. The van der Waals surface area contributed by atoms with Gasteiger partial charge in [-0.2, -0.15) is 5.26 Å². The minimum absolute atomic E-state index is 0.267. The first-order valence-electron chi connectivity index (χ1n) is 4.41. The van der Waals surface area contributed by atoms with Gasteiger partial charge in [-0.25, -0.2) is 0 Å². The van der Waals surface area contributed by atoms with Crippen molar-refractivity contribution in [1.29, 1.82) is 5.26 Å². The molecular weight excluding hydrogens is 194 g/mol. The van der Waals surface area contributed by atoms with E-state index in [1.165, 1.54) is 11.3 Å². The zero-order valence-electron chi connectivity index (χ0n) is 7.74. The van der Waals surface area contributed by atoms with Crippen LogP contribution in [0.1, 0.15) is 17.4 Å². The van der Waals surface area contributed by atoms with Crippen LogP contribution in [0.5, 0.6) is 5.75 Å². The summed E-state index contributed by atoms with van der Waals surface area (Å²) in [6.07, 6.45) is 0.835. The molecule has 0 amide bonds. The fourth-order valence-corrected chi connectivity index (χ4v) is 2.63. The van der Waals surface area contributed by atoms with Crippen molar-refractivity contribution in [2.45, 2.75) is 13.3 Å². The normalized spacial score (nSPS) is 10.3. The lowest BCUT2D eigenvalue weighted by atomic mass is 10.1. The summed E-state index contributed by atoms with van der Waals surface area (Å²) in [6, 6.07) is 7.49. The Bertz CT molecular complexity index is 522. The Balaban J connectivity index is 2.88. The van der Waals surface area contributed by atoms with Gasteiger partial charge in [0.05, 0.1) is 10.3 Å². The largest absolute Gasteiger partial charge is 0.506 e. The number of thiophene rings is 1. The number of hydrogen-bond donors (Lipinski definition) is 1. The second-order valence-electron chi connectivity index (χ2n) is 3.02. The molecule has 2 aromatic rings. The molecule has 0 aliphatic heterocycles. The van der Waals surface area contributed by atoms with Gasteiger partial charge in [0.2, 0.25) is 0 Å². The molecule has 2 nitrogen and oxygen atoms in total. The summed E-state index contributed by atoms with van der Waals surface area (Å²) < 4.78 is 0.820. The van der Waals surface area contributed by atoms with E-state index in [2.05, 4.69) is 6.07 Å². The number of nitrogens with zero attached hydrogens (tertiary/aromatic N) is 1. The molecule has 1 aromatic carbocycles. The molecule has 14 heavy (non-hydrogen) atoms.